The first-order valence-electron chi connectivity index (χ1n) is 14.1. The van der Waals surface area contributed by atoms with Crippen molar-refractivity contribution in [2.75, 3.05) is 31.1 Å². The number of sulfonamides is 1. The Bertz CT molecular complexity index is 1480. The van der Waals surface area contributed by atoms with Crippen LogP contribution in [0.2, 0.25) is 5.02 Å². The summed E-state index contributed by atoms with van der Waals surface area (Å²) in [5, 5.41) is 5.07. The van der Waals surface area contributed by atoms with E-state index in [1.54, 1.807) is 12.1 Å². The van der Waals surface area contributed by atoms with E-state index in [0.29, 0.717) is 54.2 Å². The number of anilines is 1. The van der Waals surface area contributed by atoms with Crippen LogP contribution in [0, 0.1) is 12.8 Å². The first-order chi connectivity index (χ1) is 19.3. The van der Waals surface area contributed by atoms with Gasteiger partial charge in [-0.25, -0.2) is 8.42 Å². The second-order valence-corrected chi connectivity index (χ2v) is 13.1. The monoisotopic (exact) mass is 584 g/mol. The molecule has 40 heavy (non-hydrogen) atoms. The average molecular weight is 585 g/mol. The van der Waals surface area contributed by atoms with Crippen molar-refractivity contribution in [3.63, 3.8) is 0 Å². The maximum atomic E-state index is 13.9. The Kier molecular flexibility index (Phi) is 8.83. The van der Waals surface area contributed by atoms with Crippen molar-refractivity contribution in [3.05, 3.63) is 81.2 Å². The smallest absolute Gasteiger partial charge is 0.316 e. The van der Waals surface area contributed by atoms with Crippen LogP contribution in [0.4, 0.5) is 5.69 Å². The van der Waals surface area contributed by atoms with E-state index in [0.717, 1.165) is 37.7 Å². The Balaban J connectivity index is 1.43. The molecule has 1 aromatic heterocycles. The van der Waals surface area contributed by atoms with Gasteiger partial charge in [0.15, 0.2) is 0 Å². The van der Waals surface area contributed by atoms with Crippen LogP contribution in [0.3, 0.4) is 0 Å². The van der Waals surface area contributed by atoms with Crippen LogP contribution in [0.1, 0.15) is 50.3 Å². The second kappa shape index (κ2) is 12.3. The van der Waals surface area contributed by atoms with Gasteiger partial charge in [-0.2, -0.15) is 14.1 Å². The highest BCUT2D eigenvalue weighted by atomic mass is 35.5. The summed E-state index contributed by atoms with van der Waals surface area (Å²) in [7, 11) is -3.47. The van der Waals surface area contributed by atoms with Gasteiger partial charge in [0.2, 0.25) is 15.8 Å². The fraction of sp³-hybridized carbons (Fsp3) is 0.467. The molecule has 2 aliphatic rings. The Hall–Kier alpha value is -2.88. The molecule has 8 nitrogen and oxygen atoms in total. The molecule has 214 valence electrons. The number of nitrogens with zero attached hydrogens (tertiary/aromatic N) is 4. The average Bonchev–Trinajstić information content (AvgIpc) is 2.96. The van der Waals surface area contributed by atoms with Crippen LogP contribution >= 0.6 is 11.6 Å². The van der Waals surface area contributed by atoms with E-state index >= 15 is 0 Å². The first kappa shape index (κ1) is 28.6. The van der Waals surface area contributed by atoms with Gasteiger partial charge < -0.3 is 9.64 Å². The summed E-state index contributed by atoms with van der Waals surface area (Å²) in [6.45, 7) is 5.60. The van der Waals surface area contributed by atoms with Gasteiger partial charge in [0.25, 0.3) is 0 Å². The molecule has 5 rings (SSSR count). The Morgan fingerprint density at radius 3 is 2.25 bits per heavy atom. The first-order valence-corrected chi connectivity index (χ1v) is 16.1. The highest BCUT2D eigenvalue weighted by Crippen LogP contribution is 2.35. The summed E-state index contributed by atoms with van der Waals surface area (Å²) < 4.78 is 35.7. The molecule has 0 atom stereocenters. The lowest BCUT2D eigenvalue weighted by atomic mass is 9.86. The number of benzene rings is 2. The summed E-state index contributed by atoms with van der Waals surface area (Å²) in [5.74, 6) is 0.939. The highest BCUT2D eigenvalue weighted by Gasteiger charge is 2.32. The van der Waals surface area contributed by atoms with Crippen LogP contribution in [-0.2, 0) is 15.8 Å². The molecule has 1 aliphatic heterocycles. The second-order valence-electron chi connectivity index (χ2n) is 10.7. The molecule has 2 fully saturated rings. The number of para-hydroxylation sites is 1. The third kappa shape index (κ3) is 6.21. The zero-order valence-corrected chi connectivity index (χ0v) is 24.7. The Labute approximate surface area is 241 Å². The maximum absolute atomic E-state index is 13.9. The number of hydrogen-bond donors (Lipinski definition) is 0. The predicted octanol–water partition coefficient (Wildman–Crippen LogP) is 5.19. The molecule has 0 radical (unpaired) electrons. The van der Waals surface area contributed by atoms with Crippen molar-refractivity contribution < 1.29 is 13.2 Å². The van der Waals surface area contributed by atoms with Crippen molar-refractivity contribution in [1.82, 2.24) is 14.1 Å². The zero-order valence-electron chi connectivity index (χ0n) is 23.1. The number of piperazine rings is 1. The van der Waals surface area contributed by atoms with Crippen LogP contribution < -0.4 is 15.2 Å². The SMILES string of the molecule is CCC1CCC(Oc2c(N3CCN(S(=O)(=O)Cc4ccccc4)CC3)c(C)nn(-c3ccccc3Cl)c2=O)CC1. The normalized spacial score (nSPS) is 20.4. The van der Waals surface area contributed by atoms with Gasteiger partial charge in [-0.1, -0.05) is 67.4 Å². The van der Waals surface area contributed by atoms with E-state index in [-0.39, 0.29) is 23.2 Å². The Morgan fingerprint density at radius 1 is 0.950 bits per heavy atom. The zero-order chi connectivity index (χ0) is 28.3. The summed E-state index contributed by atoms with van der Waals surface area (Å²) in [6, 6.07) is 16.4. The molecule has 0 spiro atoms. The lowest BCUT2D eigenvalue weighted by Gasteiger charge is -2.37. The minimum atomic E-state index is -3.47. The topological polar surface area (TPSA) is 84.7 Å². The van der Waals surface area contributed by atoms with Crippen LogP contribution in [0.25, 0.3) is 5.69 Å². The van der Waals surface area contributed by atoms with Gasteiger partial charge in [0.05, 0.1) is 28.3 Å². The molecule has 1 saturated carbocycles. The minimum absolute atomic E-state index is 0.0307. The quantitative estimate of drug-likeness (QED) is 0.362. The molecule has 0 N–H and O–H groups in total. The van der Waals surface area contributed by atoms with Crippen LogP contribution in [-0.4, -0.2) is 54.8 Å². The molecule has 0 amide bonds. The molecule has 0 unspecified atom stereocenters. The fourth-order valence-electron chi connectivity index (χ4n) is 5.76. The lowest BCUT2D eigenvalue weighted by molar-refractivity contribution is 0.127. The van der Waals surface area contributed by atoms with E-state index in [1.165, 1.54) is 8.99 Å². The van der Waals surface area contributed by atoms with Crippen molar-refractivity contribution in [1.29, 1.82) is 0 Å². The van der Waals surface area contributed by atoms with Gasteiger partial charge in [0, 0.05) is 26.2 Å². The third-order valence-corrected chi connectivity index (χ3v) is 10.2. The molecule has 2 heterocycles. The van der Waals surface area contributed by atoms with Crippen molar-refractivity contribution >= 4 is 27.3 Å². The lowest BCUT2D eigenvalue weighted by Crippen LogP contribution is -2.49. The summed E-state index contributed by atoms with van der Waals surface area (Å²) in [5.41, 5.74) is 2.19. The third-order valence-electron chi connectivity index (χ3n) is 8.07. The molecule has 1 saturated heterocycles. The molecular formula is C30H37ClN4O4S. The number of hydrogen-bond acceptors (Lipinski definition) is 6. The van der Waals surface area contributed by atoms with Crippen LogP contribution in [0.15, 0.2) is 59.4 Å². The highest BCUT2D eigenvalue weighted by molar-refractivity contribution is 7.88. The van der Waals surface area contributed by atoms with Gasteiger partial charge in [-0.3, -0.25) is 4.79 Å². The van der Waals surface area contributed by atoms with Crippen molar-refractivity contribution in [3.8, 4) is 11.4 Å². The van der Waals surface area contributed by atoms with Crippen molar-refractivity contribution in [2.45, 2.75) is 57.8 Å². The number of halogens is 1. The molecule has 2 aromatic carbocycles. The standard InChI is InChI=1S/C30H37ClN4O4S/c1-3-23-13-15-25(16-14-23)39-29-28(22(2)32-35(30(29)36)27-12-8-7-11-26(27)31)33-17-19-34(20-18-33)40(37,38)21-24-9-5-4-6-10-24/h4-12,23,25H,3,13-21H2,1-2H3. The van der Waals surface area contributed by atoms with Crippen LogP contribution in [0.5, 0.6) is 5.75 Å². The molecule has 3 aromatic rings. The Morgan fingerprint density at radius 2 is 1.60 bits per heavy atom. The number of aromatic nitrogens is 2. The van der Waals surface area contributed by atoms with E-state index in [1.807, 2.05) is 54.3 Å². The van der Waals surface area contributed by atoms with E-state index in [4.69, 9.17) is 16.3 Å². The maximum Gasteiger partial charge on any atom is 0.316 e. The van der Waals surface area contributed by atoms with Gasteiger partial charge >= 0.3 is 5.56 Å². The summed E-state index contributed by atoms with van der Waals surface area (Å²) in [4.78, 5) is 16.0. The molecule has 0 bridgehead atoms. The van der Waals surface area contributed by atoms with E-state index in [2.05, 4.69) is 12.0 Å². The molecule has 1 aliphatic carbocycles. The number of aryl methyl sites for hydroxylation is 1. The van der Waals surface area contributed by atoms with Gasteiger partial charge in [-0.15, -0.1) is 0 Å². The summed E-state index contributed by atoms with van der Waals surface area (Å²) >= 11 is 6.45. The summed E-state index contributed by atoms with van der Waals surface area (Å²) in [6.07, 6.45) is 5.06. The number of ether oxygens (including phenoxy) is 1. The fourth-order valence-corrected chi connectivity index (χ4v) is 7.49. The van der Waals surface area contributed by atoms with Gasteiger partial charge in [-0.05, 0) is 56.2 Å². The van der Waals surface area contributed by atoms with Crippen molar-refractivity contribution in [2.24, 2.45) is 5.92 Å². The predicted molar refractivity (Wildman–Crippen MR) is 159 cm³/mol. The van der Waals surface area contributed by atoms with E-state index < -0.39 is 10.0 Å². The minimum Gasteiger partial charge on any atom is -0.483 e. The molecular weight excluding hydrogens is 548 g/mol. The van der Waals surface area contributed by atoms with E-state index in [9.17, 15) is 13.2 Å². The molecule has 10 heteroatoms. The number of rotatable bonds is 8. The van der Waals surface area contributed by atoms with Gasteiger partial charge in [0.1, 0.15) is 5.69 Å². The largest absolute Gasteiger partial charge is 0.483 e.